The number of para-hydroxylation sites is 1. The van der Waals surface area contributed by atoms with Gasteiger partial charge < -0.3 is 0 Å². The predicted molar refractivity (Wildman–Crippen MR) is 53.9 cm³/mol. The molecule has 0 aliphatic carbocycles. The maximum Gasteiger partial charge on any atom is 0.111 e. The van der Waals surface area contributed by atoms with Crippen LogP contribution in [-0.2, 0) is 0 Å². The Bertz CT molecular complexity index is 361. The summed E-state index contributed by atoms with van der Waals surface area (Å²) in [7, 11) is 0. The van der Waals surface area contributed by atoms with Gasteiger partial charge in [0.25, 0.3) is 0 Å². The summed E-state index contributed by atoms with van der Waals surface area (Å²) in [5.41, 5.74) is 1.05. The molecule has 0 aliphatic rings. The molecule has 0 amide bonds. The number of rotatable bonds is 1. The van der Waals surface area contributed by atoms with E-state index in [0.717, 1.165) is 10.5 Å². The first kappa shape index (κ1) is 8.02. The summed E-state index contributed by atoms with van der Waals surface area (Å²) < 4.78 is 1.21. The van der Waals surface area contributed by atoms with Crippen molar-refractivity contribution in [2.45, 2.75) is 12.3 Å². The normalized spacial score (nSPS) is 13.5. The van der Waals surface area contributed by atoms with Crippen molar-refractivity contribution in [3.63, 3.8) is 0 Å². The molecule has 0 saturated heterocycles. The Balaban J connectivity index is 2.62. The van der Waals surface area contributed by atoms with Gasteiger partial charge in [-0.25, -0.2) is 4.98 Å². The molecule has 0 bridgehead atoms. The van der Waals surface area contributed by atoms with Crippen molar-refractivity contribution in [1.29, 1.82) is 0 Å². The zero-order chi connectivity index (χ0) is 8.55. The van der Waals surface area contributed by atoms with E-state index in [9.17, 15) is 0 Å². The average molecular weight is 198 g/mol. The Hall–Kier alpha value is -0.600. The molecule has 0 fully saturated rings. The lowest BCUT2D eigenvalue weighted by Gasteiger charge is -1.91. The Morgan fingerprint density at radius 1 is 1.42 bits per heavy atom. The van der Waals surface area contributed by atoms with Gasteiger partial charge in [0.15, 0.2) is 0 Å². The van der Waals surface area contributed by atoms with Crippen LogP contribution < -0.4 is 0 Å². The number of fused-ring (bicyclic) bond motifs is 1. The standard InChI is InChI=1S/C9H8ClNS/c1-6(10)9-11-7-4-2-3-5-8(7)12-9/h2-6H,1H3. The summed E-state index contributed by atoms with van der Waals surface area (Å²) in [6, 6.07) is 8.08. The summed E-state index contributed by atoms with van der Waals surface area (Å²) in [6.07, 6.45) is 0. The highest BCUT2D eigenvalue weighted by atomic mass is 35.5. The van der Waals surface area contributed by atoms with E-state index in [2.05, 4.69) is 11.1 Å². The number of halogens is 1. The Morgan fingerprint density at radius 3 is 2.83 bits per heavy atom. The van der Waals surface area contributed by atoms with E-state index in [1.54, 1.807) is 11.3 Å². The largest absolute Gasteiger partial charge is 0.240 e. The van der Waals surface area contributed by atoms with Gasteiger partial charge in [-0.1, -0.05) is 12.1 Å². The van der Waals surface area contributed by atoms with Crippen LogP contribution in [0.15, 0.2) is 24.3 Å². The molecule has 12 heavy (non-hydrogen) atoms. The second-order valence-corrected chi connectivity index (χ2v) is 4.35. The molecule has 1 heterocycles. The van der Waals surface area contributed by atoms with E-state index >= 15 is 0 Å². The van der Waals surface area contributed by atoms with Gasteiger partial charge in [-0.05, 0) is 19.1 Å². The van der Waals surface area contributed by atoms with Crippen LogP contribution in [0, 0.1) is 0 Å². The van der Waals surface area contributed by atoms with E-state index in [4.69, 9.17) is 11.6 Å². The summed E-state index contributed by atoms with van der Waals surface area (Å²) in [5, 5.41) is 1.01. The Labute approximate surface area is 80.0 Å². The number of hydrogen-bond donors (Lipinski definition) is 0. The first-order chi connectivity index (χ1) is 5.77. The van der Waals surface area contributed by atoms with Gasteiger partial charge in [0, 0.05) is 0 Å². The molecule has 0 N–H and O–H groups in total. The molecule has 2 rings (SSSR count). The quantitative estimate of drug-likeness (QED) is 0.637. The van der Waals surface area contributed by atoms with Gasteiger partial charge in [-0.3, -0.25) is 0 Å². The molecule has 0 radical (unpaired) electrons. The molecule has 2 aromatic rings. The third-order valence-electron chi connectivity index (χ3n) is 1.65. The number of aromatic nitrogens is 1. The van der Waals surface area contributed by atoms with Crippen molar-refractivity contribution in [3.8, 4) is 0 Å². The molecule has 1 aromatic heterocycles. The zero-order valence-electron chi connectivity index (χ0n) is 6.62. The van der Waals surface area contributed by atoms with E-state index < -0.39 is 0 Å². The van der Waals surface area contributed by atoms with Crippen molar-refractivity contribution >= 4 is 33.2 Å². The van der Waals surface area contributed by atoms with Crippen LogP contribution in [-0.4, -0.2) is 4.98 Å². The number of hydrogen-bond acceptors (Lipinski definition) is 2. The van der Waals surface area contributed by atoms with Gasteiger partial charge in [0.1, 0.15) is 5.01 Å². The molecule has 0 aliphatic heterocycles. The van der Waals surface area contributed by atoms with E-state index in [-0.39, 0.29) is 5.38 Å². The zero-order valence-corrected chi connectivity index (χ0v) is 8.19. The van der Waals surface area contributed by atoms with Crippen LogP contribution in [0.25, 0.3) is 10.2 Å². The van der Waals surface area contributed by atoms with Crippen LogP contribution >= 0.6 is 22.9 Å². The molecule has 0 saturated carbocycles. The minimum absolute atomic E-state index is 0.0161. The monoisotopic (exact) mass is 197 g/mol. The third kappa shape index (κ3) is 1.32. The fraction of sp³-hybridized carbons (Fsp3) is 0.222. The second kappa shape index (κ2) is 3.04. The number of alkyl halides is 1. The fourth-order valence-electron chi connectivity index (χ4n) is 1.06. The van der Waals surface area contributed by atoms with Gasteiger partial charge in [0.05, 0.1) is 15.6 Å². The van der Waals surface area contributed by atoms with Gasteiger partial charge in [0.2, 0.25) is 0 Å². The van der Waals surface area contributed by atoms with E-state index in [0.29, 0.717) is 0 Å². The summed E-state index contributed by atoms with van der Waals surface area (Å²) >= 11 is 7.58. The molecular weight excluding hydrogens is 190 g/mol. The molecule has 1 aromatic carbocycles. The van der Waals surface area contributed by atoms with E-state index in [1.807, 2.05) is 25.1 Å². The third-order valence-corrected chi connectivity index (χ3v) is 3.21. The Kier molecular flexibility index (Phi) is 2.03. The highest BCUT2D eigenvalue weighted by Gasteiger charge is 2.07. The maximum absolute atomic E-state index is 5.92. The first-order valence-corrected chi connectivity index (χ1v) is 5.02. The first-order valence-electron chi connectivity index (χ1n) is 3.77. The van der Waals surface area contributed by atoms with Gasteiger partial charge >= 0.3 is 0 Å². The lowest BCUT2D eigenvalue weighted by Crippen LogP contribution is -1.79. The lowest BCUT2D eigenvalue weighted by atomic mass is 10.3. The highest BCUT2D eigenvalue weighted by molar-refractivity contribution is 7.18. The van der Waals surface area contributed by atoms with Crippen molar-refractivity contribution < 1.29 is 0 Å². The second-order valence-electron chi connectivity index (χ2n) is 2.64. The molecule has 1 unspecified atom stereocenters. The summed E-state index contributed by atoms with van der Waals surface area (Å²) in [5.74, 6) is 0. The van der Waals surface area contributed by atoms with Gasteiger partial charge in [-0.2, -0.15) is 0 Å². The molecule has 62 valence electrons. The van der Waals surface area contributed by atoms with Crippen LogP contribution in [0.5, 0.6) is 0 Å². The average Bonchev–Trinajstić information content (AvgIpc) is 2.46. The van der Waals surface area contributed by atoms with Crippen LogP contribution in [0.3, 0.4) is 0 Å². The highest BCUT2D eigenvalue weighted by Crippen LogP contribution is 2.28. The molecular formula is C9H8ClNS. The molecule has 0 spiro atoms. The van der Waals surface area contributed by atoms with Crippen LogP contribution in [0.2, 0.25) is 0 Å². The van der Waals surface area contributed by atoms with Crippen molar-refractivity contribution in [1.82, 2.24) is 4.98 Å². The minimum atomic E-state index is 0.0161. The fourth-order valence-corrected chi connectivity index (χ4v) is 2.14. The smallest absolute Gasteiger partial charge is 0.111 e. The van der Waals surface area contributed by atoms with E-state index in [1.165, 1.54) is 4.70 Å². The molecule has 3 heteroatoms. The predicted octanol–water partition coefficient (Wildman–Crippen LogP) is 3.60. The maximum atomic E-state index is 5.92. The van der Waals surface area contributed by atoms with Gasteiger partial charge in [-0.15, -0.1) is 22.9 Å². The van der Waals surface area contributed by atoms with Crippen LogP contribution in [0.4, 0.5) is 0 Å². The summed E-state index contributed by atoms with van der Waals surface area (Å²) in [6.45, 7) is 1.94. The summed E-state index contributed by atoms with van der Waals surface area (Å²) in [4.78, 5) is 4.40. The SMILES string of the molecule is CC(Cl)c1nc2ccccc2s1. The number of nitrogens with zero attached hydrogens (tertiary/aromatic N) is 1. The van der Waals surface area contributed by atoms with Crippen LogP contribution in [0.1, 0.15) is 17.3 Å². The molecule has 1 atom stereocenters. The molecule has 1 nitrogen and oxygen atoms in total. The lowest BCUT2D eigenvalue weighted by molar-refractivity contribution is 1.06. The van der Waals surface area contributed by atoms with Crippen molar-refractivity contribution in [2.24, 2.45) is 0 Å². The van der Waals surface area contributed by atoms with Crippen molar-refractivity contribution in [3.05, 3.63) is 29.3 Å². The topological polar surface area (TPSA) is 12.9 Å². The van der Waals surface area contributed by atoms with Crippen molar-refractivity contribution in [2.75, 3.05) is 0 Å². The number of benzene rings is 1. The Morgan fingerprint density at radius 2 is 2.17 bits per heavy atom. The minimum Gasteiger partial charge on any atom is -0.240 e. The number of thiazole rings is 1.